The van der Waals surface area contributed by atoms with Crippen molar-refractivity contribution in [3.8, 4) is 0 Å². The number of aryl methyl sites for hydroxylation is 1. The molecular formula is C23H21F3N6O. The van der Waals surface area contributed by atoms with Crippen molar-refractivity contribution < 1.29 is 18.0 Å². The van der Waals surface area contributed by atoms with E-state index in [1.165, 1.54) is 17.8 Å². The number of hydrogen-bond donors (Lipinski definition) is 1. The van der Waals surface area contributed by atoms with Crippen molar-refractivity contribution in [3.63, 3.8) is 0 Å². The summed E-state index contributed by atoms with van der Waals surface area (Å²) in [5, 5.41) is 11.1. The molecular weight excluding hydrogens is 433 g/mol. The number of carbonyl (C=O) groups excluding carboxylic acids is 1. The summed E-state index contributed by atoms with van der Waals surface area (Å²) in [5.41, 5.74) is 1.48. The Morgan fingerprint density at radius 1 is 1.21 bits per heavy atom. The summed E-state index contributed by atoms with van der Waals surface area (Å²) < 4.78 is 44.1. The molecule has 3 heterocycles. The second-order valence-corrected chi connectivity index (χ2v) is 8.27. The molecule has 1 aliphatic rings. The van der Waals surface area contributed by atoms with Gasteiger partial charge >= 0.3 is 6.18 Å². The summed E-state index contributed by atoms with van der Waals surface area (Å²) >= 11 is 0. The monoisotopic (exact) mass is 454 g/mol. The zero-order valence-corrected chi connectivity index (χ0v) is 17.8. The van der Waals surface area contributed by atoms with Crippen LogP contribution in [-0.4, -0.2) is 30.5 Å². The van der Waals surface area contributed by atoms with Gasteiger partial charge < -0.3 is 5.32 Å². The number of nitrogens with one attached hydrogen (secondary N) is 1. The maximum atomic E-state index is 13.7. The quantitative estimate of drug-likeness (QED) is 0.465. The van der Waals surface area contributed by atoms with Gasteiger partial charge in [0.05, 0.1) is 35.1 Å². The van der Waals surface area contributed by atoms with Gasteiger partial charge in [-0.2, -0.15) is 23.4 Å². The van der Waals surface area contributed by atoms with Crippen LogP contribution in [0, 0.1) is 6.92 Å². The Morgan fingerprint density at radius 2 is 1.97 bits per heavy atom. The van der Waals surface area contributed by atoms with E-state index in [1.54, 1.807) is 10.9 Å². The molecule has 7 nitrogen and oxygen atoms in total. The topological polar surface area (TPSA) is 77.6 Å². The highest BCUT2D eigenvalue weighted by molar-refractivity contribution is 5.91. The third-order valence-electron chi connectivity index (χ3n) is 5.60. The van der Waals surface area contributed by atoms with E-state index >= 15 is 0 Å². The van der Waals surface area contributed by atoms with Crippen LogP contribution in [0.1, 0.15) is 41.3 Å². The molecule has 1 N–H and O–H groups in total. The number of pyridine rings is 1. The van der Waals surface area contributed by atoms with Crippen molar-refractivity contribution >= 4 is 22.6 Å². The summed E-state index contributed by atoms with van der Waals surface area (Å²) in [6, 6.07) is 10.9. The number of carbonyl (C=O) groups is 1. The van der Waals surface area contributed by atoms with Crippen LogP contribution in [0.5, 0.6) is 0 Å². The Morgan fingerprint density at radius 3 is 2.67 bits per heavy atom. The van der Waals surface area contributed by atoms with E-state index in [-0.39, 0.29) is 29.2 Å². The molecule has 3 aromatic heterocycles. The smallest absolute Gasteiger partial charge is 0.322 e. The third kappa shape index (κ3) is 4.46. The number of fused-ring (bicyclic) bond motifs is 1. The van der Waals surface area contributed by atoms with E-state index in [2.05, 4.69) is 20.5 Å². The van der Waals surface area contributed by atoms with Gasteiger partial charge in [0, 0.05) is 17.8 Å². The van der Waals surface area contributed by atoms with Crippen molar-refractivity contribution in [1.29, 1.82) is 0 Å². The number of amides is 1. The molecule has 0 saturated heterocycles. The molecule has 1 amide bonds. The lowest BCUT2D eigenvalue weighted by atomic mass is 10.1. The molecule has 0 atom stereocenters. The fourth-order valence-corrected chi connectivity index (χ4v) is 3.92. The zero-order valence-electron chi connectivity index (χ0n) is 17.8. The van der Waals surface area contributed by atoms with Crippen LogP contribution in [-0.2, 0) is 24.1 Å². The van der Waals surface area contributed by atoms with Gasteiger partial charge in [-0.3, -0.25) is 9.48 Å². The fourth-order valence-electron chi connectivity index (χ4n) is 3.92. The highest BCUT2D eigenvalue weighted by atomic mass is 19.4. The summed E-state index contributed by atoms with van der Waals surface area (Å²) in [4.78, 5) is 17.1. The zero-order chi connectivity index (χ0) is 23.2. The Hall–Kier alpha value is -3.69. The average molecular weight is 454 g/mol. The van der Waals surface area contributed by atoms with Gasteiger partial charge in [-0.25, -0.2) is 9.67 Å². The van der Waals surface area contributed by atoms with Gasteiger partial charge in [-0.15, -0.1) is 0 Å². The summed E-state index contributed by atoms with van der Waals surface area (Å²) in [7, 11) is 0. The number of anilines is 1. The molecule has 1 aliphatic carbocycles. The molecule has 10 heteroatoms. The first-order chi connectivity index (χ1) is 15.8. The molecule has 0 radical (unpaired) electrons. The first-order valence-corrected chi connectivity index (χ1v) is 10.6. The Balaban J connectivity index is 1.37. The number of alkyl halides is 3. The van der Waals surface area contributed by atoms with Crippen molar-refractivity contribution in [2.45, 2.75) is 44.9 Å². The Labute approximate surface area is 187 Å². The first-order valence-electron chi connectivity index (χ1n) is 10.6. The maximum absolute atomic E-state index is 13.7. The fraction of sp³-hybridized carbons (Fsp3) is 0.304. The molecule has 5 rings (SSSR count). The summed E-state index contributed by atoms with van der Waals surface area (Å²) in [5.74, 6) is -0.394. The van der Waals surface area contributed by atoms with Crippen LogP contribution < -0.4 is 5.32 Å². The van der Waals surface area contributed by atoms with Crippen LogP contribution in [0.3, 0.4) is 0 Å². The third-order valence-corrected chi connectivity index (χ3v) is 5.60. The van der Waals surface area contributed by atoms with Gasteiger partial charge in [0.25, 0.3) is 0 Å². The second-order valence-electron chi connectivity index (χ2n) is 8.27. The molecule has 170 valence electrons. The number of benzene rings is 1. The number of hydrogen-bond acceptors (Lipinski definition) is 4. The van der Waals surface area contributed by atoms with Crippen molar-refractivity contribution in [3.05, 3.63) is 71.3 Å². The normalized spacial score (nSPS) is 14.1. The highest BCUT2D eigenvalue weighted by Crippen LogP contribution is 2.43. The lowest BCUT2D eigenvalue weighted by Gasteiger charge is -2.11. The van der Waals surface area contributed by atoms with Gasteiger partial charge in [0.15, 0.2) is 5.65 Å². The van der Waals surface area contributed by atoms with Crippen molar-refractivity contribution in [1.82, 2.24) is 24.5 Å². The van der Waals surface area contributed by atoms with Gasteiger partial charge in [-0.05, 0) is 31.4 Å². The molecule has 1 aromatic carbocycles. The molecule has 0 unspecified atom stereocenters. The van der Waals surface area contributed by atoms with E-state index in [1.807, 2.05) is 30.3 Å². The van der Waals surface area contributed by atoms with E-state index in [0.29, 0.717) is 17.9 Å². The predicted molar refractivity (Wildman–Crippen MR) is 116 cm³/mol. The van der Waals surface area contributed by atoms with Gasteiger partial charge in [-0.1, -0.05) is 30.3 Å². The highest BCUT2D eigenvalue weighted by Gasteiger charge is 2.37. The van der Waals surface area contributed by atoms with Gasteiger partial charge in [0.1, 0.15) is 6.54 Å². The molecule has 1 fully saturated rings. The minimum Gasteiger partial charge on any atom is -0.322 e. The van der Waals surface area contributed by atoms with E-state index in [0.717, 1.165) is 24.5 Å². The van der Waals surface area contributed by atoms with Crippen LogP contribution in [0.15, 0.2) is 48.8 Å². The number of nitrogens with zero attached hydrogens (tertiary/aromatic N) is 5. The Kier molecular flexibility index (Phi) is 5.15. The minimum atomic E-state index is -4.53. The van der Waals surface area contributed by atoms with E-state index in [9.17, 15) is 18.0 Å². The molecule has 0 spiro atoms. The maximum Gasteiger partial charge on any atom is 0.417 e. The predicted octanol–water partition coefficient (Wildman–Crippen LogP) is 4.52. The molecule has 1 saturated carbocycles. The second kappa shape index (κ2) is 8.02. The Bertz CT molecular complexity index is 1320. The largest absolute Gasteiger partial charge is 0.417 e. The van der Waals surface area contributed by atoms with Crippen molar-refractivity contribution in [2.24, 2.45) is 0 Å². The molecule has 33 heavy (non-hydrogen) atoms. The summed E-state index contributed by atoms with van der Waals surface area (Å²) in [6.07, 6.45) is 0.326. The van der Waals surface area contributed by atoms with E-state index in [4.69, 9.17) is 0 Å². The van der Waals surface area contributed by atoms with Crippen LogP contribution in [0.4, 0.5) is 18.9 Å². The molecule has 4 aromatic rings. The van der Waals surface area contributed by atoms with E-state index < -0.39 is 17.6 Å². The van der Waals surface area contributed by atoms with Crippen LogP contribution in [0.25, 0.3) is 11.0 Å². The lowest BCUT2D eigenvalue weighted by molar-refractivity contribution is -0.136. The van der Waals surface area contributed by atoms with Crippen molar-refractivity contribution in [2.75, 3.05) is 5.32 Å². The average Bonchev–Trinajstić information content (AvgIpc) is 3.46. The molecule has 0 bridgehead atoms. The standard InChI is InChI=1S/C23H21F3N6O/c1-14-21-18(23(24,25)26)9-19(16-7-8-16)29-22(21)32(30-14)13-20(33)28-17-10-27-31(12-17)11-15-5-3-2-4-6-15/h2-6,9-10,12,16H,7-8,11,13H2,1H3,(H,28,33). The number of aromatic nitrogens is 5. The van der Waals surface area contributed by atoms with Crippen LogP contribution >= 0.6 is 0 Å². The first kappa shape index (κ1) is 21.2. The lowest BCUT2D eigenvalue weighted by Crippen LogP contribution is -2.20. The number of halogens is 3. The van der Waals surface area contributed by atoms with Crippen LogP contribution in [0.2, 0.25) is 0 Å². The SMILES string of the molecule is Cc1nn(CC(=O)Nc2cnn(Cc3ccccc3)c2)c2nc(C3CC3)cc(C(F)(F)F)c12. The number of rotatable bonds is 6. The van der Waals surface area contributed by atoms with Gasteiger partial charge in [0.2, 0.25) is 5.91 Å². The molecule has 0 aliphatic heterocycles. The summed E-state index contributed by atoms with van der Waals surface area (Å²) in [6.45, 7) is 1.79. The minimum absolute atomic E-state index is 0.0310.